The number of hydrogen-bond donors (Lipinski definition) is 2. The fraction of sp³-hybridized carbons (Fsp3) is 0.182. The average molecular weight is 378 g/mol. The van der Waals surface area contributed by atoms with Gasteiger partial charge < -0.3 is 15.4 Å². The minimum atomic E-state index is 0.548. The van der Waals surface area contributed by atoms with Gasteiger partial charge in [0.25, 0.3) is 0 Å². The first-order valence-electron chi connectivity index (χ1n) is 9.06. The smallest absolute Gasteiger partial charge is 0.175 e. The lowest BCUT2D eigenvalue weighted by Gasteiger charge is -2.12. The van der Waals surface area contributed by atoms with Crippen LogP contribution in [0.2, 0.25) is 0 Å². The molecule has 0 unspecified atom stereocenters. The Kier molecular flexibility index (Phi) is 6.77. The molecule has 0 spiro atoms. The summed E-state index contributed by atoms with van der Waals surface area (Å²) in [5.41, 5.74) is 4.13. The SMILES string of the molecule is CCCCOc1ccc(NC(=S)Nc2ccc(-c3ccncc3)cc2)cc1. The maximum Gasteiger partial charge on any atom is 0.175 e. The summed E-state index contributed by atoms with van der Waals surface area (Å²) in [4.78, 5) is 4.05. The van der Waals surface area contributed by atoms with Crippen LogP contribution in [0.4, 0.5) is 11.4 Å². The Labute approximate surface area is 165 Å². The van der Waals surface area contributed by atoms with Gasteiger partial charge >= 0.3 is 0 Å². The largest absolute Gasteiger partial charge is 0.494 e. The van der Waals surface area contributed by atoms with Crippen LogP contribution in [-0.2, 0) is 0 Å². The third-order valence-electron chi connectivity index (χ3n) is 4.04. The number of thiocarbonyl (C=S) groups is 1. The standard InChI is InChI=1S/C22H23N3OS/c1-2-3-16-26-21-10-8-20(9-11-21)25-22(27)24-19-6-4-17(5-7-19)18-12-14-23-15-13-18/h4-15H,2-3,16H2,1H3,(H2,24,25,27). The van der Waals surface area contributed by atoms with Gasteiger partial charge in [-0.25, -0.2) is 0 Å². The van der Waals surface area contributed by atoms with Crippen LogP contribution in [0.15, 0.2) is 73.1 Å². The number of ether oxygens (including phenoxy) is 1. The third kappa shape index (κ3) is 5.79. The maximum absolute atomic E-state index is 5.67. The van der Waals surface area contributed by atoms with Gasteiger partial charge in [0.15, 0.2) is 5.11 Å². The minimum Gasteiger partial charge on any atom is -0.494 e. The summed E-state index contributed by atoms with van der Waals surface area (Å²) in [6.07, 6.45) is 5.78. The van der Waals surface area contributed by atoms with E-state index in [0.717, 1.165) is 47.7 Å². The highest BCUT2D eigenvalue weighted by Gasteiger charge is 2.02. The molecular weight excluding hydrogens is 354 g/mol. The molecule has 3 aromatic rings. The second-order valence-electron chi connectivity index (χ2n) is 6.12. The van der Waals surface area contributed by atoms with Crippen molar-refractivity contribution < 1.29 is 4.74 Å². The lowest BCUT2D eigenvalue weighted by Crippen LogP contribution is -2.18. The molecule has 0 bridgehead atoms. The summed E-state index contributed by atoms with van der Waals surface area (Å²) >= 11 is 5.40. The van der Waals surface area contributed by atoms with Crippen LogP contribution in [0.5, 0.6) is 5.75 Å². The van der Waals surface area contributed by atoms with Crippen LogP contribution >= 0.6 is 12.2 Å². The monoisotopic (exact) mass is 377 g/mol. The Hall–Kier alpha value is -2.92. The number of hydrogen-bond acceptors (Lipinski definition) is 3. The highest BCUT2D eigenvalue weighted by molar-refractivity contribution is 7.80. The first kappa shape index (κ1) is 18.9. The summed E-state index contributed by atoms with van der Waals surface area (Å²) < 4.78 is 5.67. The minimum absolute atomic E-state index is 0.548. The van der Waals surface area contributed by atoms with Crippen LogP contribution in [0.3, 0.4) is 0 Å². The Balaban J connectivity index is 1.53. The van der Waals surface area contributed by atoms with Crippen molar-refractivity contribution in [3.63, 3.8) is 0 Å². The number of anilines is 2. The molecule has 0 aliphatic heterocycles. The normalized spacial score (nSPS) is 10.3. The number of nitrogens with zero attached hydrogens (tertiary/aromatic N) is 1. The molecule has 1 aromatic heterocycles. The molecule has 0 radical (unpaired) electrons. The molecule has 5 heteroatoms. The van der Waals surface area contributed by atoms with Crippen molar-refractivity contribution in [2.45, 2.75) is 19.8 Å². The van der Waals surface area contributed by atoms with E-state index in [9.17, 15) is 0 Å². The van der Waals surface area contributed by atoms with E-state index in [-0.39, 0.29) is 0 Å². The third-order valence-corrected chi connectivity index (χ3v) is 4.24. The van der Waals surface area contributed by atoms with E-state index < -0.39 is 0 Å². The van der Waals surface area contributed by atoms with Crippen molar-refractivity contribution in [1.82, 2.24) is 4.98 Å². The summed E-state index contributed by atoms with van der Waals surface area (Å²) in [5.74, 6) is 0.875. The van der Waals surface area contributed by atoms with Gasteiger partial charge in [0.05, 0.1) is 6.61 Å². The van der Waals surface area contributed by atoms with Gasteiger partial charge in [-0.2, -0.15) is 0 Å². The van der Waals surface area contributed by atoms with E-state index in [4.69, 9.17) is 17.0 Å². The number of unbranched alkanes of at least 4 members (excludes halogenated alkanes) is 1. The number of rotatable bonds is 7. The first-order chi connectivity index (χ1) is 13.2. The number of aromatic nitrogens is 1. The maximum atomic E-state index is 5.67. The zero-order chi connectivity index (χ0) is 18.9. The van der Waals surface area contributed by atoms with Crippen LogP contribution < -0.4 is 15.4 Å². The molecule has 0 aliphatic carbocycles. The summed E-state index contributed by atoms with van der Waals surface area (Å²) in [6, 6.07) is 19.9. The van der Waals surface area contributed by atoms with Crippen molar-refractivity contribution in [2.24, 2.45) is 0 Å². The summed E-state index contributed by atoms with van der Waals surface area (Å²) in [6.45, 7) is 2.90. The van der Waals surface area contributed by atoms with Crippen molar-refractivity contribution >= 4 is 28.7 Å². The van der Waals surface area contributed by atoms with Gasteiger partial charge in [0.1, 0.15) is 5.75 Å². The fourth-order valence-electron chi connectivity index (χ4n) is 2.55. The Morgan fingerprint density at radius 1 is 0.852 bits per heavy atom. The van der Waals surface area contributed by atoms with Gasteiger partial charge in [-0.1, -0.05) is 25.5 Å². The molecule has 3 rings (SSSR count). The second-order valence-corrected chi connectivity index (χ2v) is 6.53. The number of pyridine rings is 1. The predicted molar refractivity (Wildman–Crippen MR) is 116 cm³/mol. The van der Waals surface area contributed by atoms with Gasteiger partial charge in [-0.15, -0.1) is 0 Å². The number of benzene rings is 2. The Morgan fingerprint density at radius 2 is 1.41 bits per heavy atom. The molecule has 0 aliphatic rings. The second kappa shape index (κ2) is 9.69. The zero-order valence-corrected chi connectivity index (χ0v) is 16.1. The molecule has 0 saturated heterocycles. The molecular formula is C22H23N3OS. The quantitative estimate of drug-likeness (QED) is 0.406. The molecule has 4 nitrogen and oxygen atoms in total. The fourth-order valence-corrected chi connectivity index (χ4v) is 2.79. The molecule has 0 fully saturated rings. The molecule has 2 N–H and O–H groups in total. The van der Waals surface area contributed by atoms with E-state index in [1.165, 1.54) is 0 Å². The van der Waals surface area contributed by atoms with Crippen molar-refractivity contribution in [3.8, 4) is 16.9 Å². The average Bonchev–Trinajstić information content (AvgIpc) is 2.71. The predicted octanol–water partition coefficient (Wildman–Crippen LogP) is 5.74. The molecule has 0 saturated carbocycles. The van der Waals surface area contributed by atoms with Crippen LogP contribution in [-0.4, -0.2) is 16.7 Å². The highest BCUT2D eigenvalue weighted by atomic mass is 32.1. The van der Waals surface area contributed by atoms with E-state index in [2.05, 4.69) is 34.7 Å². The molecule has 2 aromatic carbocycles. The van der Waals surface area contributed by atoms with Crippen LogP contribution in [0.25, 0.3) is 11.1 Å². The van der Waals surface area contributed by atoms with E-state index in [1.54, 1.807) is 12.4 Å². The Morgan fingerprint density at radius 3 is 2.00 bits per heavy atom. The molecule has 0 atom stereocenters. The van der Waals surface area contributed by atoms with Crippen molar-refractivity contribution in [1.29, 1.82) is 0 Å². The van der Waals surface area contributed by atoms with E-state index in [0.29, 0.717) is 5.11 Å². The van der Waals surface area contributed by atoms with Crippen molar-refractivity contribution in [3.05, 3.63) is 73.1 Å². The summed E-state index contributed by atoms with van der Waals surface area (Å²) in [7, 11) is 0. The van der Waals surface area contributed by atoms with Gasteiger partial charge in [-0.3, -0.25) is 4.98 Å². The van der Waals surface area contributed by atoms with E-state index >= 15 is 0 Å². The van der Waals surface area contributed by atoms with Gasteiger partial charge in [0.2, 0.25) is 0 Å². The Bertz CT molecular complexity index is 849. The van der Waals surface area contributed by atoms with E-state index in [1.807, 2.05) is 48.5 Å². The molecule has 27 heavy (non-hydrogen) atoms. The van der Waals surface area contributed by atoms with Gasteiger partial charge in [0, 0.05) is 23.8 Å². The molecule has 0 amide bonds. The lowest BCUT2D eigenvalue weighted by atomic mass is 10.1. The number of nitrogens with one attached hydrogen (secondary N) is 2. The summed E-state index contributed by atoms with van der Waals surface area (Å²) in [5, 5.41) is 6.94. The topological polar surface area (TPSA) is 46.2 Å². The zero-order valence-electron chi connectivity index (χ0n) is 15.3. The van der Waals surface area contributed by atoms with Gasteiger partial charge in [-0.05, 0) is 78.3 Å². The van der Waals surface area contributed by atoms with Crippen LogP contribution in [0, 0.1) is 0 Å². The molecule has 1 heterocycles. The first-order valence-corrected chi connectivity index (χ1v) is 9.47. The molecule has 138 valence electrons. The van der Waals surface area contributed by atoms with Crippen molar-refractivity contribution in [2.75, 3.05) is 17.2 Å². The van der Waals surface area contributed by atoms with Crippen LogP contribution in [0.1, 0.15) is 19.8 Å². The lowest BCUT2D eigenvalue weighted by molar-refractivity contribution is 0.309. The highest BCUT2D eigenvalue weighted by Crippen LogP contribution is 2.21.